The van der Waals surface area contributed by atoms with Gasteiger partial charge >= 0.3 is 6.09 Å². The summed E-state index contributed by atoms with van der Waals surface area (Å²) < 4.78 is 5.38. The molecule has 1 aliphatic rings. The molecule has 0 bridgehead atoms. The lowest BCUT2D eigenvalue weighted by Crippen LogP contribution is -2.62. The van der Waals surface area contributed by atoms with E-state index >= 15 is 0 Å². The molecule has 0 unspecified atom stereocenters. The summed E-state index contributed by atoms with van der Waals surface area (Å²) in [5.41, 5.74) is 6.22. The number of carbonyl (C=O) groups excluding carboxylic acids is 1. The van der Waals surface area contributed by atoms with Gasteiger partial charge in [-0.1, -0.05) is 28.9 Å². The van der Waals surface area contributed by atoms with Crippen molar-refractivity contribution in [1.29, 1.82) is 0 Å². The number of likely N-dealkylation sites (tertiary alicyclic amines) is 1. The number of nitrogens with two attached hydrogens (primary N) is 1. The monoisotopic (exact) mass is 368 g/mol. The first-order valence-corrected chi connectivity index (χ1v) is 8.43. The molecule has 2 rings (SSSR count). The number of oxime groups is 1. The highest BCUT2D eigenvalue weighted by Crippen LogP contribution is 2.29. The molecule has 1 saturated heterocycles. The van der Waals surface area contributed by atoms with Gasteiger partial charge in [-0.25, -0.2) is 4.79 Å². The average Bonchev–Trinajstić information content (AvgIpc) is 2.48. The van der Waals surface area contributed by atoms with Crippen LogP contribution in [0.1, 0.15) is 32.4 Å². The molecule has 0 saturated carbocycles. The summed E-state index contributed by atoms with van der Waals surface area (Å²) in [7, 11) is 1.72. The number of likely N-dealkylation sites (N-methyl/N-ethyl adjacent to an activating group) is 1. The molecule has 0 aromatic heterocycles. The molecule has 1 amide bonds. The molecule has 7 nitrogen and oxygen atoms in total. The van der Waals surface area contributed by atoms with Gasteiger partial charge < -0.3 is 20.6 Å². The Labute approximate surface area is 153 Å². The smallest absolute Gasteiger partial charge is 0.410 e. The maximum absolute atomic E-state index is 12.1. The summed E-state index contributed by atoms with van der Waals surface area (Å²) in [5.74, 6) is 0.0979. The van der Waals surface area contributed by atoms with E-state index in [1.807, 2.05) is 37.8 Å². The largest absolute Gasteiger partial charge is 0.444 e. The zero-order valence-electron chi connectivity index (χ0n) is 14.9. The fourth-order valence-corrected chi connectivity index (χ4v) is 2.82. The van der Waals surface area contributed by atoms with E-state index in [2.05, 4.69) is 5.16 Å². The fourth-order valence-electron chi connectivity index (χ4n) is 2.70. The minimum Gasteiger partial charge on any atom is -0.444 e. The van der Waals surface area contributed by atoms with Crippen molar-refractivity contribution in [3.8, 4) is 0 Å². The van der Waals surface area contributed by atoms with Crippen LogP contribution in [0.15, 0.2) is 29.4 Å². The van der Waals surface area contributed by atoms with Crippen LogP contribution in [0.25, 0.3) is 0 Å². The molecule has 138 valence electrons. The predicted octanol–water partition coefficient (Wildman–Crippen LogP) is 2.68. The van der Waals surface area contributed by atoms with Gasteiger partial charge in [0.1, 0.15) is 5.60 Å². The Bertz CT molecular complexity index is 636. The molecule has 0 spiro atoms. The van der Waals surface area contributed by atoms with Crippen LogP contribution < -0.4 is 5.73 Å². The number of benzene rings is 1. The summed E-state index contributed by atoms with van der Waals surface area (Å²) in [6.07, 6.45) is -0.357. The van der Waals surface area contributed by atoms with Crippen molar-refractivity contribution in [3.05, 3.63) is 34.9 Å². The fraction of sp³-hybridized carbons (Fsp3) is 0.529. The molecule has 1 heterocycles. The molecule has 0 radical (unpaired) electrons. The number of amides is 1. The Morgan fingerprint density at radius 1 is 1.40 bits per heavy atom. The van der Waals surface area contributed by atoms with Gasteiger partial charge in [0.05, 0.1) is 12.1 Å². The zero-order chi connectivity index (χ0) is 18.8. The highest BCUT2D eigenvalue weighted by atomic mass is 35.5. The molecule has 3 N–H and O–H groups in total. The van der Waals surface area contributed by atoms with Gasteiger partial charge in [0.15, 0.2) is 5.84 Å². The molecule has 1 aromatic carbocycles. The van der Waals surface area contributed by atoms with Crippen molar-refractivity contribution in [2.45, 2.75) is 38.5 Å². The third-order valence-corrected chi connectivity index (χ3v) is 4.32. The molecule has 0 aliphatic carbocycles. The molecular formula is C17H25ClN4O3. The number of amidine groups is 1. The van der Waals surface area contributed by atoms with E-state index in [0.29, 0.717) is 18.1 Å². The van der Waals surface area contributed by atoms with Crippen molar-refractivity contribution in [3.63, 3.8) is 0 Å². The van der Waals surface area contributed by atoms with Crippen LogP contribution in [0.3, 0.4) is 0 Å². The van der Waals surface area contributed by atoms with E-state index in [-0.39, 0.29) is 24.0 Å². The Morgan fingerprint density at radius 3 is 2.44 bits per heavy atom. The van der Waals surface area contributed by atoms with E-state index in [0.717, 1.165) is 5.56 Å². The highest BCUT2D eigenvalue weighted by molar-refractivity contribution is 6.30. The maximum Gasteiger partial charge on any atom is 0.410 e. The number of hydrogen-bond acceptors (Lipinski definition) is 5. The number of halogens is 1. The second-order valence-corrected chi connectivity index (χ2v) is 7.61. The van der Waals surface area contributed by atoms with Crippen LogP contribution in [0.5, 0.6) is 0 Å². The van der Waals surface area contributed by atoms with Crippen molar-refractivity contribution >= 4 is 23.5 Å². The number of nitrogens with zero attached hydrogens (tertiary/aromatic N) is 3. The lowest BCUT2D eigenvalue weighted by atomic mass is 9.98. The lowest BCUT2D eigenvalue weighted by Gasteiger charge is -2.47. The van der Waals surface area contributed by atoms with Gasteiger partial charge in [-0.15, -0.1) is 0 Å². The second-order valence-electron chi connectivity index (χ2n) is 7.18. The third-order valence-electron chi connectivity index (χ3n) is 4.07. The summed E-state index contributed by atoms with van der Waals surface area (Å²) in [6, 6.07) is 6.85. The SMILES string of the molecule is CN(C(=O)OC(C)(C)C)C1CN([C@H](C(N)=NO)c2ccc(Cl)cc2)C1. The molecule has 25 heavy (non-hydrogen) atoms. The van der Waals surface area contributed by atoms with Gasteiger partial charge in [-0.3, -0.25) is 4.90 Å². The zero-order valence-corrected chi connectivity index (χ0v) is 15.7. The van der Waals surface area contributed by atoms with Gasteiger partial charge in [-0.2, -0.15) is 0 Å². The summed E-state index contributed by atoms with van der Waals surface area (Å²) in [4.78, 5) is 15.8. The van der Waals surface area contributed by atoms with Gasteiger partial charge in [0.25, 0.3) is 0 Å². The van der Waals surface area contributed by atoms with E-state index in [1.54, 1.807) is 24.1 Å². The van der Waals surface area contributed by atoms with E-state index in [9.17, 15) is 4.79 Å². The molecule has 8 heteroatoms. The molecular weight excluding hydrogens is 344 g/mol. The Kier molecular flexibility index (Phi) is 5.80. The number of carbonyl (C=O) groups is 1. The molecule has 1 aromatic rings. The average molecular weight is 369 g/mol. The summed E-state index contributed by atoms with van der Waals surface area (Å²) >= 11 is 5.93. The van der Waals surface area contributed by atoms with Crippen LogP contribution in [0, 0.1) is 0 Å². The Balaban J connectivity index is 2.04. The van der Waals surface area contributed by atoms with Crippen LogP contribution in [-0.2, 0) is 4.74 Å². The number of hydrogen-bond donors (Lipinski definition) is 2. The van der Waals surface area contributed by atoms with E-state index in [1.165, 1.54) is 0 Å². The normalized spacial score (nSPS) is 17.7. The topological polar surface area (TPSA) is 91.4 Å². The first-order valence-electron chi connectivity index (χ1n) is 8.05. The Morgan fingerprint density at radius 2 is 1.96 bits per heavy atom. The quantitative estimate of drug-likeness (QED) is 0.369. The van der Waals surface area contributed by atoms with Crippen LogP contribution >= 0.6 is 11.6 Å². The molecule has 1 atom stereocenters. The Hall–Kier alpha value is -1.99. The van der Waals surface area contributed by atoms with Crippen LogP contribution in [0.2, 0.25) is 5.02 Å². The first-order chi connectivity index (χ1) is 11.6. The van der Waals surface area contributed by atoms with Crippen molar-refractivity contribution in [2.24, 2.45) is 10.9 Å². The molecule has 1 fully saturated rings. The van der Waals surface area contributed by atoms with E-state index < -0.39 is 5.60 Å². The van der Waals surface area contributed by atoms with Gasteiger partial charge in [0.2, 0.25) is 0 Å². The van der Waals surface area contributed by atoms with Gasteiger partial charge in [0, 0.05) is 25.2 Å². The minimum atomic E-state index is -0.533. The predicted molar refractivity (Wildman–Crippen MR) is 97.0 cm³/mol. The molecule has 1 aliphatic heterocycles. The highest BCUT2D eigenvalue weighted by Gasteiger charge is 2.39. The summed E-state index contributed by atoms with van der Waals surface area (Å²) in [6.45, 7) is 6.70. The van der Waals surface area contributed by atoms with E-state index in [4.69, 9.17) is 27.3 Å². The standard InChI is InChI=1S/C17H25ClN4O3/c1-17(2,3)25-16(23)21(4)13-9-22(10-13)14(15(19)20-24)11-5-7-12(18)8-6-11/h5-8,13-14,24H,9-10H2,1-4H3,(H2,19,20)/t14-/m0/s1. The van der Waals surface area contributed by atoms with Gasteiger partial charge in [-0.05, 0) is 38.5 Å². The number of ether oxygens (including phenoxy) is 1. The van der Waals surface area contributed by atoms with Crippen molar-refractivity contribution < 1.29 is 14.7 Å². The third kappa shape index (κ3) is 4.76. The summed E-state index contributed by atoms with van der Waals surface area (Å²) in [5, 5.41) is 12.9. The number of rotatable bonds is 4. The minimum absolute atomic E-state index is 0.0103. The second kappa shape index (κ2) is 7.49. The van der Waals surface area contributed by atoms with Crippen LogP contribution in [-0.4, -0.2) is 58.7 Å². The maximum atomic E-state index is 12.1. The van der Waals surface area contributed by atoms with Crippen LogP contribution in [0.4, 0.5) is 4.79 Å². The van der Waals surface area contributed by atoms with Crippen molar-refractivity contribution in [1.82, 2.24) is 9.80 Å². The first kappa shape index (κ1) is 19.3. The lowest BCUT2D eigenvalue weighted by molar-refractivity contribution is -0.00893. The van der Waals surface area contributed by atoms with Crippen molar-refractivity contribution in [2.75, 3.05) is 20.1 Å².